The minimum atomic E-state index is -3.14. The molecule has 0 spiro atoms. The Morgan fingerprint density at radius 2 is 1.10 bits per heavy atom. The van der Waals surface area contributed by atoms with Crippen molar-refractivity contribution in [3.05, 3.63) is 225 Å². The largest absolute Gasteiger partial charge is 0.457 e. The molecule has 8 aromatic carbocycles. The molecule has 0 saturated heterocycles. The first-order valence-electron chi connectivity index (χ1n) is 21.3. The van der Waals surface area contributed by atoms with Gasteiger partial charge >= 0.3 is 0 Å². The molecule has 0 amide bonds. The van der Waals surface area contributed by atoms with Gasteiger partial charge in [0.05, 0.1) is 22.2 Å². The van der Waals surface area contributed by atoms with E-state index in [1.54, 1.807) is 0 Å². The van der Waals surface area contributed by atoms with Gasteiger partial charge in [-0.2, -0.15) is 0 Å². The van der Waals surface area contributed by atoms with Crippen molar-refractivity contribution in [2.75, 3.05) is 4.90 Å². The van der Waals surface area contributed by atoms with Crippen LogP contribution in [0.4, 0.5) is 17.2 Å². The Labute approximate surface area is 364 Å². The number of hydrogen-bond donors (Lipinski definition) is 0. The van der Waals surface area contributed by atoms with E-state index in [1.807, 2.05) is 18.5 Å². The van der Waals surface area contributed by atoms with Crippen LogP contribution in [0.25, 0.3) is 54.8 Å². The molecule has 12 aromatic rings. The van der Waals surface area contributed by atoms with Gasteiger partial charge in [0.25, 0.3) is 0 Å². The van der Waals surface area contributed by atoms with E-state index in [9.17, 15) is 0 Å². The summed E-state index contributed by atoms with van der Waals surface area (Å²) in [4.78, 5) is 12.7. The van der Waals surface area contributed by atoms with Crippen molar-refractivity contribution >= 4 is 95.1 Å². The minimum absolute atomic E-state index is 0.728. The van der Waals surface area contributed by atoms with Gasteiger partial charge in [0, 0.05) is 62.8 Å². The smallest absolute Gasteiger partial charge is 0.188 e. The van der Waals surface area contributed by atoms with Crippen LogP contribution in [0, 0.1) is 0 Å². The lowest BCUT2D eigenvalue weighted by molar-refractivity contribution is 0.483. The van der Waals surface area contributed by atoms with E-state index < -0.39 is 8.07 Å². The normalized spacial score (nSPS) is 13.2. The number of nitrogens with zero attached hydrogens (tertiary/aromatic N) is 5. The van der Waals surface area contributed by atoms with Gasteiger partial charge in [-0.15, -0.1) is 0 Å². The molecule has 63 heavy (non-hydrogen) atoms. The second kappa shape index (κ2) is 13.9. The Kier molecular flexibility index (Phi) is 7.82. The van der Waals surface area contributed by atoms with Crippen LogP contribution in [0.2, 0.25) is 0 Å². The summed E-state index contributed by atoms with van der Waals surface area (Å²) in [7, 11) is -3.14. The standard InChI is InChI=1S/C56H37N5OSi/c1-4-17-38(18-5-1)60-50-28-13-11-26-46(50)48-37-58-56-54(53(48)60)63(42-21-6-2-7-22-42,43-23-8-3-9-24-43)52-30-15-14-29-51(52)61(56)39-19-16-20-40(35-39)62-41-31-32-44-45-25-10-12-27-49(45)59-34-33-57-55(59)47(44)36-41/h1-37H. The van der Waals surface area contributed by atoms with Crippen molar-refractivity contribution in [2.24, 2.45) is 0 Å². The highest BCUT2D eigenvalue weighted by atomic mass is 28.3. The minimum Gasteiger partial charge on any atom is -0.457 e. The molecule has 4 aromatic heterocycles. The summed E-state index contributed by atoms with van der Waals surface area (Å²) >= 11 is 0. The monoisotopic (exact) mass is 823 g/mol. The van der Waals surface area contributed by atoms with Crippen LogP contribution < -0.4 is 30.4 Å². The number of aromatic nitrogens is 4. The number of anilines is 3. The maximum atomic E-state index is 6.82. The lowest BCUT2D eigenvalue weighted by atomic mass is 10.1. The third kappa shape index (κ3) is 5.17. The molecule has 0 unspecified atom stereocenters. The van der Waals surface area contributed by atoms with Crippen molar-refractivity contribution in [1.29, 1.82) is 0 Å². The second-order valence-electron chi connectivity index (χ2n) is 16.2. The first kappa shape index (κ1) is 35.5. The molecule has 7 heteroatoms. The number of rotatable bonds is 6. The van der Waals surface area contributed by atoms with Gasteiger partial charge in [-0.05, 0) is 81.6 Å². The SMILES string of the molecule is c1ccc(-n2c3ccccc3c3cnc4c(c32)[Si](c2ccccc2)(c2ccccc2)c2ccccc2N4c2cccc(Oc3ccc4c5ccccc5n5ccnc5c4c3)c2)cc1. The predicted octanol–water partition coefficient (Wildman–Crippen LogP) is 11.1. The average molecular weight is 824 g/mol. The van der Waals surface area contributed by atoms with Crippen molar-refractivity contribution in [2.45, 2.75) is 0 Å². The highest BCUT2D eigenvalue weighted by Gasteiger charge is 2.51. The molecule has 1 aliphatic heterocycles. The summed E-state index contributed by atoms with van der Waals surface area (Å²) in [6.45, 7) is 0. The molecule has 5 heterocycles. The molecule has 0 aliphatic carbocycles. The zero-order chi connectivity index (χ0) is 41.5. The third-order valence-corrected chi connectivity index (χ3v) is 17.7. The van der Waals surface area contributed by atoms with Crippen molar-refractivity contribution < 1.29 is 4.74 Å². The summed E-state index contributed by atoms with van der Waals surface area (Å²) in [6.07, 6.45) is 5.99. The van der Waals surface area contributed by atoms with Gasteiger partial charge in [0.2, 0.25) is 0 Å². The lowest BCUT2D eigenvalue weighted by Crippen LogP contribution is -2.77. The summed E-state index contributed by atoms with van der Waals surface area (Å²) < 4.78 is 11.5. The Hall–Kier alpha value is -8.26. The van der Waals surface area contributed by atoms with Gasteiger partial charge in [-0.25, -0.2) is 9.97 Å². The van der Waals surface area contributed by atoms with E-state index in [0.29, 0.717) is 0 Å². The second-order valence-corrected chi connectivity index (χ2v) is 19.9. The van der Waals surface area contributed by atoms with Gasteiger partial charge in [-0.1, -0.05) is 140 Å². The molecule has 0 atom stereocenters. The van der Waals surface area contributed by atoms with Crippen LogP contribution in [-0.4, -0.2) is 27.0 Å². The molecule has 296 valence electrons. The molecule has 6 nitrogen and oxygen atoms in total. The number of para-hydroxylation sites is 4. The molecular formula is C56H37N5OSi. The van der Waals surface area contributed by atoms with E-state index in [2.05, 4.69) is 220 Å². The van der Waals surface area contributed by atoms with Gasteiger partial charge in [0.15, 0.2) is 8.07 Å². The maximum absolute atomic E-state index is 6.82. The number of fused-ring (bicyclic) bond motifs is 12. The summed E-state index contributed by atoms with van der Waals surface area (Å²) in [5, 5.41) is 10.8. The Morgan fingerprint density at radius 1 is 0.460 bits per heavy atom. The summed E-state index contributed by atoms with van der Waals surface area (Å²) in [5.74, 6) is 2.38. The number of imidazole rings is 1. The number of hydrogen-bond acceptors (Lipinski definition) is 4. The van der Waals surface area contributed by atoms with Gasteiger partial charge in [0.1, 0.15) is 23.0 Å². The topological polar surface area (TPSA) is 47.6 Å². The first-order valence-corrected chi connectivity index (χ1v) is 23.3. The van der Waals surface area contributed by atoms with Crippen LogP contribution in [0.5, 0.6) is 11.5 Å². The highest BCUT2D eigenvalue weighted by Crippen LogP contribution is 2.43. The van der Waals surface area contributed by atoms with E-state index in [4.69, 9.17) is 14.7 Å². The van der Waals surface area contributed by atoms with Gasteiger partial charge < -0.3 is 9.30 Å². The van der Waals surface area contributed by atoms with Crippen molar-refractivity contribution in [3.8, 4) is 17.2 Å². The number of benzene rings is 8. The summed E-state index contributed by atoms with van der Waals surface area (Å²) in [6, 6.07) is 74.1. The Morgan fingerprint density at radius 3 is 1.87 bits per heavy atom. The Balaban J connectivity index is 1.08. The van der Waals surface area contributed by atoms with Crippen LogP contribution in [0.15, 0.2) is 225 Å². The van der Waals surface area contributed by atoms with E-state index in [0.717, 1.165) is 67.2 Å². The van der Waals surface area contributed by atoms with Crippen LogP contribution in [-0.2, 0) is 0 Å². The molecule has 0 saturated carbocycles. The maximum Gasteiger partial charge on any atom is 0.188 e. The quantitative estimate of drug-likeness (QED) is 0.124. The molecule has 1 aliphatic rings. The van der Waals surface area contributed by atoms with E-state index in [-0.39, 0.29) is 0 Å². The third-order valence-electron chi connectivity index (χ3n) is 12.9. The van der Waals surface area contributed by atoms with Crippen molar-refractivity contribution in [1.82, 2.24) is 18.9 Å². The molecule has 0 radical (unpaired) electrons. The lowest BCUT2D eigenvalue weighted by Gasteiger charge is -2.44. The summed E-state index contributed by atoms with van der Waals surface area (Å²) in [5.41, 5.74) is 7.53. The average Bonchev–Trinajstić information content (AvgIpc) is 3.99. The van der Waals surface area contributed by atoms with Crippen molar-refractivity contribution in [3.63, 3.8) is 0 Å². The molecule has 0 N–H and O–H groups in total. The van der Waals surface area contributed by atoms with Gasteiger partial charge in [-0.3, -0.25) is 9.30 Å². The molecule has 0 bridgehead atoms. The molecule has 0 fully saturated rings. The fraction of sp³-hybridized carbons (Fsp3) is 0. The molecular weight excluding hydrogens is 787 g/mol. The van der Waals surface area contributed by atoms with Crippen LogP contribution in [0.1, 0.15) is 0 Å². The zero-order valence-electron chi connectivity index (χ0n) is 34.0. The predicted molar refractivity (Wildman–Crippen MR) is 261 cm³/mol. The van der Waals surface area contributed by atoms with Crippen LogP contribution in [0.3, 0.4) is 0 Å². The van der Waals surface area contributed by atoms with E-state index in [1.165, 1.54) is 37.0 Å². The fourth-order valence-electron chi connectivity index (χ4n) is 10.4. The molecule has 13 rings (SSSR count). The van der Waals surface area contributed by atoms with Crippen LogP contribution >= 0.6 is 0 Å². The number of ether oxygens (including phenoxy) is 1. The Bertz CT molecular complexity index is 3690. The highest BCUT2D eigenvalue weighted by molar-refractivity contribution is 7.22. The number of pyridine rings is 2. The fourth-order valence-corrected chi connectivity index (χ4v) is 15.6. The van der Waals surface area contributed by atoms with E-state index >= 15 is 0 Å². The first-order chi connectivity index (χ1) is 31.3. The zero-order valence-corrected chi connectivity index (χ0v) is 35.0.